The Morgan fingerprint density at radius 2 is 1.86 bits per heavy atom. The van der Waals surface area contributed by atoms with Crippen LogP contribution in [0.25, 0.3) is 0 Å². The van der Waals surface area contributed by atoms with Crippen molar-refractivity contribution in [1.82, 2.24) is 0 Å². The lowest BCUT2D eigenvalue weighted by Crippen LogP contribution is -2.09. The zero-order valence-electron chi connectivity index (χ0n) is 10.9. The van der Waals surface area contributed by atoms with Crippen LogP contribution < -0.4 is 4.74 Å². The van der Waals surface area contributed by atoms with Crippen LogP contribution in [0.15, 0.2) is 42.5 Å². The van der Waals surface area contributed by atoms with E-state index in [0.29, 0.717) is 5.02 Å². The van der Waals surface area contributed by atoms with Gasteiger partial charge in [-0.25, -0.2) is 0 Å². The maximum atomic E-state index is 12.7. The van der Waals surface area contributed by atoms with Gasteiger partial charge in [-0.1, -0.05) is 23.7 Å². The van der Waals surface area contributed by atoms with E-state index in [0.717, 1.165) is 12.1 Å². The summed E-state index contributed by atoms with van der Waals surface area (Å²) in [5.41, 5.74) is -0.843. The normalized spacial score (nSPS) is 11.3. The Labute approximate surface area is 124 Å². The summed E-state index contributed by atoms with van der Waals surface area (Å²) in [5, 5.41) is 0.297. The van der Waals surface area contributed by atoms with E-state index in [1.807, 2.05) is 0 Å². The molecule has 0 radical (unpaired) electrons. The predicted octanol–water partition coefficient (Wildman–Crippen LogP) is 4.60. The highest BCUT2D eigenvalue weighted by atomic mass is 35.5. The first-order valence-corrected chi connectivity index (χ1v) is 6.26. The summed E-state index contributed by atoms with van der Waals surface area (Å²) >= 11 is 5.82. The maximum absolute atomic E-state index is 12.7. The number of benzene rings is 2. The van der Waals surface area contributed by atoms with Crippen LogP contribution in [0, 0.1) is 0 Å². The molecule has 0 saturated heterocycles. The Morgan fingerprint density at radius 1 is 1.14 bits per heavy atom. The number of carbonyl (C=O) groups excluding carboxylic acids is 1. The highest BCUT2D eigenvalue weighted by Gasteiger charge is 2.31. The lowest BCUT2D eigenvalue weighted by atomic mass is 10.0. The monoisotopic (exact) mass is 314 g/mol. The number of hydrogen-bond acceptors (Lipinski definition) is 2. The van der Waals surface area contributed by atoms with Gasteiger partial charge >= 0.3 is 6.18 Å². The van der Waals surface area contributed by atoms with Gasteiger partial charge in [0.05, 0.1) is 18.2 Å². The van der Waals surface area contributed by atoms with Crippen molar-refractivity contribution in [2.45, 2.75) is 6.18 Å². The first kappa shape index (κ1) is 15.4. The molecule has 6 heteroatoms. The van der Waals surface area contributed by atoms with Gasteiger partial charge in [0, 0.05) is 10.6 Å². The summed E-state index contributed by atoms with van der Waals surface area (Å²) in [6, 6.07) is 8.61. The van der Waals surface area contributed by atoms with Gasteiger partial charge in [0.2, 0.25) is 0 Å². The molecule has 0 bridgehead atoms. The number of halogens is 4. The molecule has 0 heterocycles. The minimum Gasteiger partial charge on any atom is -0.496 e. The zero-order chi connectivity index (χ0) is 15.6. The van der Waals surface area contributed by atoms with Crippen LogP contribution >= 0.6 is 11.6 Å². The van der Waals surface area contributed by atoms with Crippen molar-refractivity contribution in [1.29, 1.82) is 0 Å². The first-order chi connectivity index (χ1) is 9.82. The van der Waals surface area contributed by atoms with Crippen LogP contribution in [0.4, 0.5) is 13.2 Å². The fourth-order valence-corrected chi connectivity index (χ4v) is 2.02. The van der Waals surface area contributed by atoms with E-state index in [9.17, 15) is 18.0 Å². The Kier molecular flexibility index (Phi) is 4.23. The van der Waals surface area contributed by atoms with Crippen molar-refractivity contribution in [3.05, 3.63) is 64.2 Å². The number of carbonyl (C=O) groups is 1. The van der Waals surface area contributed by atoms with Gasteiger partial charge in [0.25, 0.3) is 0 Å². The highest BCUT2D eigenvalue weighted by molar-refractivity contribution is 6.31. The minimum absolute atomic E-state index is 0.0783. The van der Waals surface area contributed by atoms with Gasteiger partial charge in [-0.2, -0.15) is 13.2 Å². The van der Waals surface area contributed by atoms with Gasteiger partial charge in [0.1, 0.15) is 5.75 Å². The summed E-state index contributed by atoms with van der Waals surface area (Å²) in [4.78, 5) is 12.4. The van der Waals surface area contributed by atoms with Gasteiger partial charge in [-0.15, -0.1) is 0 Å². The molecule has 2 rings (SSSR count). The molecule has 0 saturated carbocycles. The zero-order valence-corrected chi connectivity index (χ0v) is 11.6. The molecule has 0 unspecified atom stereocenters. The van der Waals surface area contributed by atoms with Crippen LogP contribution in [0.2, 0.25) is 5.02 Å². The first-order valence-electron chi connectivity index (χ1n) is 5.88. The van der Waals surface area contributed by atoms with Crippen LogP contribution in [0.3, 0.4) is 0 Å². The molecular formula is C15H10ClF3O2. The van der Waals surface area contributed by atoms with Gasteiger partial charge in [-0.05, 0) is 30.3 Å². The fraction of sp³-hybridized carbons (Fsp3) is 0.133. The largest absolute Gasteiger partial charge is 0.496 e. The molecule has 0 N–H and O–H groups in total. The summed E-state index contributed by atoms with van der Waals surface area (Å²) in [6.07, 6.45) is -4.51. The molecule has 21 heavy (non-hydrogen) atoms. The predicted molar refractivity (Wildman–Crippen MR) is 72.9 cm³/mol. The minimum atomic E-state index is -4.51. The molecule has 0 aliphatic heterocycles. The Hall–Kier alpha value is -2.01. The Balaban J connectivity index is 2.48. The van der Waals surface area contributed by atoms with Crippen LogP contribution in [0.1, 0.15) is 21.5 Å². The summed E-state index contributed by atoms with van der Waals surface area (Å²) in [6.45, 7) is 0. The number of ether oxygens (including phenoxy) is 1. The van der Waals surface area contributed by atoms with Crippen molar-refractivity contribution in [3.8, 4) is 5.75 Å². The second-order valence-corrected chi connectivity index (χ2v) is 4.69. The standard InChI is InChI=1S/C15H10ClF3O2/c1-21-13-6-5-11(16)8-12(13)14(20)9-3-2-4-10(7-9)15(17,18)19/h2-8H,1H3. The number of alkyl halides is 3. The molecule has 0 atom stereocenters. The highest BCUT2D eigenvalue weighted by Crippen LogP contribution is 2.31. The molecule has 0 spiro atoms. The SMILES string of the molecule is COc1ccc(Cl)cc1C(=O)c1cccc(C(F)(F)F)c1. The molecule has 0 amide bonds. The van der Waals surface area contributed by atoms with Crippen LogP contribution in [-0.2, 0) is 6.18 Å². The molecule has 0 fully saturated rings. The lowest BCUT2D eigenvalue weighted by molar-refractivity contribution is -0.137. The van der Waals surface area contributed by atoms with Crippen LogP contribution in [-0.4, -0.2) is 12.9 Å². The molecule has 2 aromatic rings. The fourth-order valence-electron chi connectivity index (χ4n) is 1.85. The quantitative estimate of drug-likeness (QED) is 0.774. The Bertz CT molecular complexity index is 681. The van der Waals surface area contributed by atoms with Crippen molar-refractivity contribution in [2.75, 3.05) is 7.11 Å². The van der Waals surface area contributed by atoms with E-state index in [1.54, 1.807) is 0 Å². The third kappa shape index (κ3) is 3.36. The van der Waals surface area contributed by atoms with Gasteiger partial charge in [0.15, 0.2) is 5.78 Å². The van der Waals surface area contributed by atoms with Crippen molar-refractivity contribution < 1.29 is 22.7 Å². The lowest BCUT2D eigenvalue weighted by Gasteiger charge is -2.10. The van der Waals surface area contributed by atoms with Gasteiger partial charge < -0.3 is 4.74 Å². The maximum Gasteiger partial charge on any atom is 0.416 e. The van der Waals surface area contributed by atoms with E-state index in [1.165, 1.54) is 37.4 Å². The topological polar surface area (TPSA) is 26.3 Å². The van der Waals surface area contributed by atoms with E-state index in [-0.39, 0.29) is 16.9 Å². The van der Waals surface area contributed by atoms with Gasteiger partial charge in [-0.3, -0.25) is 4.79 Å². The van der Waals surface area contributed by atoms with E-state index in [2.05, 4.69) is 0 Å². The smallest absolute Gasteiger partial charge is 0.416 e. The molecule has 110 valence electrons. The molecule has 2 aromatic carbocycles. The summed E-state index contributed by atoms with van der Waals surface area (Å²) in [7, 11) is 1.37. The van der Waals surface area contributed by atoms with E-state index >= 15 is 0 Å². The molecule has 0 aromatic heterocycles. The Morgan fingerprint density at radius 3 is 2.48 bits per heavy atom. The summed E-state index contributed by atoms with van der Waals surface area (Å²) < 4.78 is 43.1. The third-order valence-corrected chi connectivity index (χ3v) is 3.09. The number of hydrogen-bond donors (Lipinski definition) is 0. The van der Waals surface area contributed by atoms with Crippen molar-refractivity contribution >= 4 is 17.4 Å². The van der Waals surface area contributed by atoms with Crippen molar-refractivity contribution in [3.63, 3.8) is 0 Å². The average Bonchev–Trinajstić information content (AvgIpc) is 2.45. The van der Waals surface area contributed by atoms with E-state index < -0.39 is 17.5 Å². The molecular weight excluding hydrogens is 305 g/mol. The number of methoxy groups -OCH3 is 1. The second-order valence-electron chi connectivity index (χ2n) is 4.25. The number of ketones is 1. The second kappa shape index (κ2) is 5.77. The van der Waals surface area contributed by atoms with Crippen LogP contribution in [0.5, 0.6) is 5.75 Å². The summed E-state index contributed by atoms with van der Waals surface area (Å²) in [5.74, 6) is -0.331. The van der Waals surface area contributed by atoms with Crippen molar-refractivity contribution in [2.24, 2.45) is 0 Å². The third-order valence-electron chi connectivity index (χ3n) is 2.86. The van der Waals surface area contributed by atoms with E-state index in [4.69, 9.17) is 16.3 Å². The number of rotatable bonds is 3. The average molecular weight is 315 g/mol. The molecule has 0 aliphatic carbocycles. The molecule has 2 nitrogen and oxygen atoms in total. The molecule has 0 aliphatic rings.